The second-order valence-electron chi connectivity index (χ2n) is 8.05. The normalized spacial score (nSPS) is 19.9. The average molecular weight is 382 g/mol. The number of morpholine rings is 1. The Hall–Kier alpha value is -2.73. The van der Waals surface area contributed by atoms with Crippen molar-refractivity contribution in [2.45, 2.75) is 33.0 Å². The number of aromatic nitrogens is 1. The number of amides is 1. The van der Waals surface area contributed by atoms with Gasteiger partial charge in [0.05, 0.1) is 30.9 Å². The van der Waals surface area contributed by atoms with E-state index in [1.54, 1.807) is 4.90 Å². The van der Waals surface area contributed by atoms with E-state index in [-0.39, 0.29) is 29.1 Å². The fourth-order valence-electron chi connectivity index (χ4n) is 3.22. The van der Waals surface area contributed by atoms with Gasteiger partial charge >= 0.3 is 5.97 Å². The molecule has 3 rings (SSSR count). The molecule has 0 spiro atoms. The Labute approximate surface area is 165 Å². The van der Waals surface area contributed by atoms with Crippen molar-refractivity contribution in [1.29, 1.82) is 0 Å². The van der Waals surface area contributed by atoms with Gasteiger partial charge in [-0.1, -0.05) is 51.1 Å². The summed E-state index contributed by atoms with van der Waals surface area (Å²) in [6, 6.07) is 11.4. The lowest BCUT2D eigenvalue weighted by Gasteiger charge is -2.43. The van der Waals surface area contributed by atoms with Crippen LogP contribution in [-0.4, -0.2) is 48.1 Å². The van der Waals surface area contributed by atoms with E-state index < -0.39 is 5.97 Å². The second kappa shape index (κ2) is 8.10. The SMILES string of the molecule is COC(=O)c1cncc(C(=O)N2C[C@@H](c3ccccc3)O[C@@H](C(C)(C)C)C2)c1. The molecule has 1 fully saturated rings. The van der Waals surface area contributed by atoms with Gasteiger partial charge in [0.2, 0.25) is 0 Å². The predicted octanol–water partition coefficient (Wildman–Crippen LogP) is 3.50. The van der Waals surface area contributed by atoms with Crippen LogP contribution < -0.4 is 0 Å². The van der Waals surface area contributed by atoms with Crippen LogP contribution >= 0.6 is 0 Å². The van der Waals surface area contributed by atoms with Gasteiger partial charge in [-0.05, 0) is 17.0 Å². The molecule has 0 aliphatic carbocycles. The van der Waals surface area contributed by atoms with Crippen LogP contribution in [-0.2, 0) is 9.47 Å². The molecule has 2 aromatic rings. The molecule has 2 heterocycles. The summed E-state index contributed by atoms with van der Waals surface area (Å²) in [6.45, 7) is 7.24. The summed E-state index contributed by atoms with van der Waals surface area (Å²) in [5.74, 6) is -0.685. The van der Waals surface area contributed by atoms with Crippen molar-refractivity contribution >= 4 is 11.9 Å². The van der Waals surface area contributed by atoms with Crippen LogP contribution in [0.4, 0.5) is 0 Å². The number of carbonyl (C=O) groups excluding carboxylic acids is 2. The maximum Gasteiger partial charge on any atom is 0.339 e. The van der Waals surface area contributed by atoms with Crippen LogP contribution in [0.15, 0.2) is 48.8 Å². The molecule has 28 heavy (non-hydrogen) atoms. The molecular weight excluding hydrogens is 356 g/mol. The summed E-state index contributed by atoms with van der Waals surface area (Å²) < 4.78 is 11.1. The Balaban J connectivity index is 1.88. The topological polar surface area (TPSA) is 68.7 Å². The first-order chi connectivity index (χ1) is 13.3. The number of rotatable bonds is 3. The van der Waals surface area contributed by atoms with E-state index in [0.29, 0.717) is 18.7 Å². The van der Waals surface area contributed by atoms with Crippen LogP contribution in [0.3, 0.4) is 0 Å². The molecule has 0 radical (unpaired) electrons. The molecule has 6 nitrogen and oxygen atoms in total. The molecule has 1 saturated heterocycles. The van der Waals surface area contributed by atoms with Gasteiger partial charge in [-0.3, -0.25) is 9.78 Å². The fourth-order valence-corrected chi connectivity index (χ4v) is 3.22. The number of esters is 1. The molecule has 2 atom stereocenters. The minimum atomic E-state index is -0.515. The first kappa shape index (κ1) is 20.0. The number of methoxy groups -OCH3 is 1. The summed E-state index contributed by atoms with van der Waals surface area (Å²) >= 11 is 0. The number of ether oxygens (including phenoxy) is 2. The fraction of sp³-hybridized carbons (Fsp3) is 0.409. The van der Waals surface area contributed by atoms with Crippen molar-refractivity contribution in [2.24, 2.45) is 5.41 Å². The molecule has 1 amide bonds. The molecular formula is C22H26N2O4. The van der Waals surface area contributed by atoms with E-state index in [0.717, 1.165) is 5.56 Å². The number of hydrogen-bond acceptors (Lipinski definition) is 5. The van der Waals surface area contributed by atoms with Gasteiger partial charge in [-0.2, -0.15) is 0 Å². The standard InChI is InChI=1S/C22H26N2O4/c1-22(2,3)19-14-24(13-18(28-19)15-8-6-5-7-9-15)20(25)16-10-17(12-23-11-16)21(26)27-4/h5-12,18-19H,13-14H2,1-4H3/t18-,19+/m0/s1. The third-order valence-corrected chi connectivity index (χ3v) is 4.93. The van der Waals surface area contributed by atoms with Gasteiger partial charge < -0.3 is 14.4 Å². The molecule has 1 aromatic carbocycles. The number of carbonyl (C=O) groups is 2. The smallest absolute Gasteiger partial charge is 0.339 e. The Morgan fingerprint density at radius 3 is 2.43 bits per heavy atom. The van der Waals surface area contributed by atoms with Crippen molar-refractivity contribution in [3.05, 3.63) is 65.5 Å². The minimum Gasteiger partial charge on any atom is -0.465 e. The average Bonchev–Trinajstić information content (AvgIpc) is 2.72. The van der Waals surface area contributed by atoms with Crippen molar-refractivity contribution < 1.29 is 19.1 Å². The van der Waals surface area contributed by atoms with Crippen LogP contribution in [0.1, 0.15) is 53.2 Å². The zero-order valence-electron chi connectivity index (χ0n) is 16.7. The largest absolute Gasteiger partial charge is 0.465 e. The monoisotopic (exact) mass is 382 g/mol. The Morgan fingerprint density at radius 2 is 1.79 bits per heavy atom. The Kier molecular flexibility index (Phi) is 5.79. The number of nitrogens with zero attached hydrogens (tertiary/aromatic N) is 2. The predicted molar refractivity (Wildman–Crippen MR) is 105 cm³/mol. The molecule has 0 unspecified atom stereocenters. The molecule has 1 aliphatic rings. The van der Waals surface area contributed by atoms with E-state index in [4.69, 9.17) is 9.47 Å². The summed E-state index contributed by atoms with van der Waals surface area (Å²) in [6.07, 6.45) is 2.55. The lowest BCUT2D eigenvalue weighted by molar-refractivity contribution is -0.119. The van der Waals surface area contributed by atoms with Crippen LogP contribution in [0.25, 0.3) is 0 Å². The van der Waals surface area contributed by atoms with Crippen LogP contribution in [0.5, 0.6) is 0 Å². The highest BCUT2D eigenvalue weighted by atomic mass is 16.5. The van der Waals surface area contributed by atoms with Crippen molar-refractivity contribution in [2.75, 3.05) is 20.2 Å². The lowest BCUT2D eigenvalue weighted by atomic mass is 9.87. The molecule has 0 bridgehead atoms. The second-order valence-corrected chi connectivity index (χ2v) is 8.05. The van der Waals surface area contributed by atoms with E-state index in [2.05, 4.69) is 25.8 Å². The quantitative estimate of drug-likeness (QED) is 0.760. The van der Waals surface area contributed by atoms with E-state index in [9.17, 15) is 9.59 Å². The summed E-state index contributed by atoms with van der Waals surface area (Å²) in [5.41, 5.74) is 1.53. The molecule has 0 N–H and O–H groups in total. The van der Waals surface area contributed by atoms with Gasteiger partial charge in [-0.15, -0.1) is 0 Å². The molecule has 1 aliphatic heterocycles. The van der Waals surface area contributed by atoms with E-state index in [1.165, 1.54) is 25.6 Å². The molecule has 0 saturated carbocycles. The van der Waals surface area contributed by atoms with Crippen molar-refractivity contribution in [1.82, 2.24) is 9.88 Å². The van der Waals surface area contributed by atoms with Crippen LogP contribution in [0, 0.1) is 5.41 Å². The summed E-state index contributed by atoms with van der Waals surface area (Å²) in [5, 5.41) is 0. The minimum absolute atomic E-state index is 0.118. The van der Waals surface area contributed by atoms with Gasteiger partial charge in [0.25, 0.3) is 5.91 Å². The highest BCUT2D eigenvalue weighted by molar-refractivity contribution is 5.97. The Morgan fingerprint density at radius 1 is 1.11 bits per heavy atom. The van der Waals surface area contributed by atoms with Crippen molar-refractivity contribution in [3.8, 4) is 0 Å². The summed E-state index contributed by atoms with van der Waals surface area (Å²) in [4.78, 5) is 30.8. The van der Waals surface area contributed by atoms with Crippen LogP contribution in [0.2, 0.25) is 0 Å². The van der Waals surface area contributed by atoms with Gasteiger partial charge in [-0.25, -0.2) is 4.79 Å². The van der Waals surface area contributed by atoms with E-state index >= 15 is 0 Å². The summed E-state index contributed by atoms with van der Waals surface area (Å²) in [7, 11) is 1.30. The molecule has 148 valence electrons. The number of pyridine rings is 1. The first-order valence-corrected chi connectivity index (χ1v) is 9.32. The van der Waals surface area contributed by atoms with E-state index in [1.807, 2.05) is 30.3 Å². The maximum absolute atomic E-state index is 13.2. The molecule has 6 heteroatoms. The lowest BCUT2D eigenvalue weighted by Crippen LogP contribution is -2.51. The van der Waals surface area contributed by atoms with Crippen molar-refractivity contribution in [3.63, 3.8) is 0 Å². The third kappa shape index (κ3) is 4.39. The number of hydrogen-bond donors (Lipinski definition) is 0. The first-order valence-electron chi connectivity index (χ1n) is 9.32. The van der Waals surface area contributed by atoms with Gasteiger partial charge in [0.1, 0.15) is 6.10 Å². The molecule has 1 aromatic heterocycles. The highest BCUT2D eigenvalue weighted by Gasteiger charge is 2.37. The van der Waals surface area contributed by atoms with Gasteiger partial charge in [0, 0.05) is 18.9 Å². The van der Waals surface area contributed by atoms with Gasteiger partial charge in [0.15, 0.2) is 0 Å². The number of benzene rings is 1. The maximum atomic E-state index is 13.2. The highest BCUT2D eigenvalue weighted by Crippen LogP contribution is 2.34. The zero-order chi connectivity index (χ0) is 20.3. The Bertz CT molecular complexity index is 845. The third-order valence-electron chi connectivity index (χ3n) is 4.93. The zero-order valence-corrected chi connectivity index (χ0v) is 16.7.